The second-order valence-corrected chi connectivity index (χ2v) is 5.14. The van der Waals surface area contributed by atoms with E-state index in [1.54, 1.807) is 0 Å². The van der Waals surface area contributed by atoms with Crippen LogP contribution in [0.5, 0.6) is 0 Å². The van der Waals surface area contributed by atoms with Crippen LogP contribution < -0.4 is 11.1 Å². The first kappa shape index (κ1) is 12.7. The molecule has 1 aliphatic rings. The van der Waals surface area contributed by atoms with Crippen molar-refractivity contribution in [2.24, 2.45) is 10.7 Å². The Hall–Kier alpha value is -2.29. The van der Waals surface area contributed by atoms with E-state index < -0.39 is 0 Å². The molecule has 2 aromatic rings. The lowest BCUT2D eigenvalue weighted by atomic mass is 9.99. The molecule has 3 rings (SSSR count). The largest absolute Gasteiger partial charge is 0.370 e. The maximum Gasteiger partial charge on any atom is 0.189 e. The van der Waals surface area contributed by atoms with Crippen molar-refractivity contribution in [2.75, 3.05) is 0 Å². The van der Waals surface area contributed by atoms with Crippen molar-refractivity contribution in [3.05, 3.63) is 71.8 Å². The van der Waals surface area contributed by atoms with Gasteiger partial charge in [-0.15, -0.1) is 0 Å². The molecule has 3 nitrogen and oxygen atoms in total. The third-order valence-electron chi connectivity index (χ3n) is 3.43. The van der Waals surface area contributed by atoms with Gasteiger partial charge in [-0.25, -0.2) is 0 Å². The van der Waals surface area contributed by atoms with E-state index in [9.17, 15) is 0 Å². The summed E-state index contributed by atoms with van der Waals surface area (Å²) in [5.74, 6) is 0.533. The highest BCUT2D eigenvalue weighted by Crippen LogP contribution is 2.24. The van der Waals surface area contributed by atoms with Crippen molar-refractivity contribution in [3.63, 3.8) is 0 Å². The topological polar surface area (TPSA) is 50.4 Å². The molecule has 1 aliphatic carbocycles. The molecule has 0 bridgehead atoms. The van der Waals surface area contributed by atoms with Crippen molar-refractivity contribution in [3.8, 4) is 0 Å². The zero-order chi connectivity index (χ0) is 13.8. The molecule has 0 aliphatic heterocycles. The molecule has 20 heavy (non-hydrogen) atoms. The first-order chi connectivity index (χ1) is 9.83. The molecule has 0 unspecified atom stereocenters. The predicted molar refractivity (Wildman–Crippen MR) is 82.5 cm³/mol. The number of nitrogens with two attached hydrogens (primary N) is 1. The van der Waals surface area contributed by atoms with Crippen molar-refractivity contribution in [1.82, 2.24) is 5.32 Å². The van der Waals surface area contributed by atoms with Gasteiger partial charge in [-0.3, -0.25) is 4.99 Å². The van der Waals surface area contributed by atoms with Gasteiger partial charge < -0.3 is 11.1 Å². The molecular weight excluding hydrogens is 246 g/mol. The Balaban J connectivity index is 1.87. The maximum atomic E-state index is 6.03. The minimum Gasteiger partial charge on any atom is -0.370 e. The first-order valence-electron chi connectivity index (χ1n) is 7.02. The summed E-state index contributed by atoms with van der Waals surface area (Å²) in [5, 5.41) is 3.35. The van der Waals surface area contributed by atoms with Crippen LogP contribution in [-0.2, 0) is 0 Å². The summed E-state index contributed by atoms with van der Waals surface area (Å²) >= 11 is 0. The highest BCUT2D eigenvalue weighted by atomic mass is 15.1. The molecule has 102 valence electrons. The van der Waals surface area contributed by atoms with Crippen molar-refractivity contribution in [2.45, 2.75) is 24.9 Å². The van der Waals surface area contributed by atoms with Crippen LogP contribution in [0.3, 0.4) is 0 Å². The number of nitrogens with zero attached hydrogens (tertiary/aromatic N) is 1. The Bertz CT molecular complexity index is 534. The van der Waals surface area contributed by atoms with E-state index >= 15 is 0 Å². The molecule has 3 N–H and O–H groups in total. The van der Waals surface area contributed by atoms with Gasteiger partial charge in [0.1, 0.15) is 0 Å². The zero-order valence-corrected chi connectivity index (χ0v) is 11.4. The Labute approximate surface area is 119 Å². The number of nitrogens with one attached hydrogen (secondary N) is 1. The van der Waals surface area contributed by atoms with Crippen LogP contribution in [-0.4, -0.2) is 12.0 Å². The Morgan fingerprint density at radius 3 is 1.90 bits per heavy atom. The quantitative estimate of drug-likeness (QED) is 0.659. The molecule has 0 atom stereocenters. The number of rotatable bonds is 4. The lowest BCUT2D eigenvalue weighted by Gasteiger charge is -2.20. The van der Waals surface area contributed by atoms with E-state index in [1.165, 1.54) is 11.1 Å². The summed E-state index contributed by atoms with van der Waals surface area (Å²) < 4.78 is 0. The number of benzene rings is 2. The van der Waals surface area contributed by atoms with E-state index in [0.29, 0.717) is 12.0 Å². The van der Waals surface area contributed by atoms with Gasteiger partial charge in [0, 0.05) is 0 Å². The van der Waals surface area contributed by atoms with Gasteiger partial charge in [-0.2, -0.15) is 0 Å². The maximum absolute atomic E-state index is 6.03. The average molecular weight is 265 g/mol. The van der Waals surface area contributed by atoms with E-state index in [-0.39, 0.29) is 6.04 Å². The summed E-state index contributed by atoms with van der Waals surface area (Å²) in [7, 11) is 0. The summed E-state index contributed by atoms with van der Waals surface area (Å²) in [6, 6.07) is 21.1. The number of hydrogen-bond donors (Lipinski definition) is 2. The summed E-state index contributed by atoms with van der Waals surface area (Å²) in [4.78, 5) is 4.46. The fraction of sp³-hybridized carbons (Fsp3) is 0.235. The van der Waals surface area contributed by atoms with E-state index in [2.05, 4.69) is 34.6 Å². The van der Waals surface area contributed by atoms with Crippen LogP contribution in [0.4, 0.5) is 0 Å². The molecule has 0 saturated heterocycles. The molecule has 0 radical (unpaired) electrons. The molecule has 0 aromatic heterocycles. The monoisotopic (exact) mass is 265 g/mol. The predicted octanol–water partition coefficient (Wildman–Crippen LogP) is 2.84. The molecule has 2 aromatic carbocycles. The van der Waals surface area contributed by atoms with Crippen molar-refractivity contribution < 1.29 is 0 Å². The first-order valence-corrected chi connectivity index (χ1v) is 7.02. The molecule has 0 heterocycles. The summed E-state index contributed by atoms with van der Waals surface area (Å²) in [6.45, 7) is 0. The van der Waals surface area contributed by atoms with E-state index in [4.69, 9.17) is 5.73 Å². The number of hydrogen-bond acceptors (Lipinski definition) is 1. The second-order valence-electron chi connectivity index (χ2n) is 5.14. The van der Waals surface area contributed by atoms with E-state index in [1.807, 2.05) is 36.4 Å². The highest BCUT2D eigenvalue weighted by Gasteiger charge is 2.21. The highest BCUT2D eigenvalue weighted by molar-refractivity contribution is 5.79. The van der Waals surface area contributed by atoms with Gasteiger partial charge in [-0.05, 0) is 24.0 Å². The Morgan fingerprint density at radius 2 is 1.45 bits per heavy atom. The molecule has 0 amide bonds. The zero-order valence-electron chi connectivity index (χ0n) is 11.4. The minimum atomic E-state index is 0.0416. The summed E-state index contributed by atoms with van der Waals surface area (Å²) in [5.41, 5.74) is 8.40. The molecule has 1 fully saturated rings. The van der Waals surface area contributed by atoms with Crippen LogP contribution >= 0.6 is 0 Å². The SMILES string of the molecule is NC(=NC1CC1)NC(c1ccccc1)c1ccccc1. The lowest BCUT2D eigenvalue weighted by molar-refractivity contribution is 0.750. The van der Waals surface area contributed by atoms with Crippen LogP contribution in [0, 0.1) is 0 Å². The minimum absolute atomic E-state index is 0.0416. The average Bonchev–Trinajstić information content (AvgIpc) is 3.30. The van der Waals surface area contributed by atoms with Crippen molar-refractivity contribution in [1.29, 1.82) is 0 Å². The van der Waals surface area contributed by atoms with Crippen LogP contribution in [0.1, 0.15) is 30.0 Å². The van der Waals surface area contributed by atoms with Gasteiger partial charge in [0.05, 0.1) is 12.1 Å². The normalized spacial score (nSPS) is 15.3. The van der Waals surface area contributed by atoms with E-state index in [0.717, 1.165) is 12.8 Å². The van der Waals surface area contributed by atoms with Gasteiger partial charge in [0.15, 0.2) is 5.96 Å². The number of guanidine groups is 1. The van der Waals surface area contributed by atoms with Crippen LogP contribution in [0.15, 0.2) is 65.7 Å². The van der Waals surface area contributed by atoms with Crippen LogP contribution in [0.2, 0.25) is 0 Å². The van der Waals surface area contributed by atoms with Gasteiger partial charge in [0.2, 0.25) is 0 Å². The second kappa shape index (κ2) is 5.78. The molecule has 1 saturated carbocycles. The molecule has 3 heteroatoms. The van der Waals surface area contributed by atoms with Crippen molar-refractivity contribution >= 4 is 5.96 Å². The van der Waals surface area contributed by atoms with Gasteiger partial charge >= 0.3 is 0 Å². The van der Waals surface area contributed by atoms with Gasteiger partial charge in [0.25, 0.3) is 0 Å². The van der Waals surface area contributed by atoms with Gasteiger partial charge in [-0.1, -0.05) is 60.7 Å². The Morgan fingerprint density at radius 1 is 0.950 bits per heavy atom. The lowest BCUT2D eigenvalue weighted by Crippen LogP contribution is -2.35. The fourth-order valence-electron chi connectivity index (χ4n) is 2.24. The molecular formula is C17H19N3. The smallest absolute Gasteiger partial charge is 0.189 e. The standard InChI is InChI=1S/C17H19N3/c18-17(19-15-11-12-15)20-16(13-7-3-1-4-8-13)14-9-5-2-6-10-14/h1-10,15-16H,11-12H2,(H3,18,19,20). The summed E-state index contributed by atoms with van der Waals surface area (Å²) in [6.07, 6.45) is 2.31. The Kier molecular flexibility index (Phi) is 3.68. The third kappa shape index (κ3) is 3.18. The van der Waals surface area contributed by atoms with Crippen LogP contribution in [0.25, 0.3) is 0 Å². The fourth-order valence-corrected chi connectivity index (χ4v) is 2.24. The third-order valence-corrected chi connectivity index (χ3v) is 3.43. The number of aliphatic imine (C=N–C) groups is 1. The molecule has 0 spiro atoms.